The van der Waals surface area contributed by atoms with Crippen LogP contribution in [0.3, 0.4) is 0 Å². The van der Waals surface area contributed by atoms with E-state index in [0.29, 0.717) is 16.5 Å². The molecule has 0 aliphatic rings. The molecule has 0 saturated carbocycles. The molecule has 3 nitrogen and oxygen atoms in total. The molecule has 0 amide bonds. The van der Waals surface area contributed by atoms with E-state index in [4.69, 9.17) is 28.5 Å². The number of nitriles is 1. The van der Waals surface area contributed by atoms with Crippen molar-refractivity contribution in [2.75, 3.05) is 0 Å². The van der Waals surface area contributed by atoms with Gasteiger partial charge in [0.1, 0.15) is 5.15 Å². The second-order valence-electron chi connectivity index (χ2n) is 2.59. The van der Waals surface area contributed by atoms with Gasteiger partial charge in [0.05, 0.1) is 22.5 Å². The van der Waals surface area contributed by atoms with E-state index in [-0.39, 0.29) is 10.4 Å². The number of rotatable bonds is 0. The van der Waals surface area contributed by atoms with Crippen LogP contribution in [0.2, 0.25) is 10.4 Å². The fourth-order valence-corrected chi connectivity index (χ4v) is 1.70. The Kier molecular flexibility index (Phi) is 2.24. The average molecular weight is 224 g/mol. The summed E-state index contributed by atoms with van der Waals surface area (Å²) in [5, 5.41) is 9.66. The average Bonchev–Trinajstić information content (AvgIpc) is 2.16. The van der Waals surface area contributed by atoms with Crippen LogP contribution in [0.1, 0.15) is 5.56 Å². The molecule has 2 rings (SSSR count). The third-order valence-corrected chi connectivity index (χ3v) is 2.21. The summed E-state index contributed by atoms with van der Waals surface area (Å²) >= 11 is 11.5. The van der Waals surface area contributed by atoms with Gasteiger partial charge >= 0.3 is 0 Å². The molecule has 1 aromatic carbocycles. The first-order chi connectivity index (χ1) is 6.72. The Hall–Kier alpha value is -1.37. The zero-order valence-electron chi connectivity index (χ0n) is 6.83. The van der Waals surface area contributed by atoms with Crippen molar-refractivity contribution >= 4 is 34.1 Å². The molecule has 1 aromatic heterocycles. The summed E-state index contributed by atoms with van der Waals surface area (Å²) in [6.07, 6.45) is 0. The third-order valence-electron chi connectivity index (χ3n) is 1.77. The van der Waals surface area contributed by atoms with E-state index in [1.165, 1.54) is 0 Å². The van der Waals surface area contributed by atoms with Gasteiger partial charge < -0.3 is 0 Å². The van der Waals surface area contributed by atoms with E-state index in [1.54, 1.807) is 18.2 Å². The molecule has 2 aromatic rings. The topological polar surface area (TPSA) is 49.6 Å². The number of hydrogen-bond donors (Lipinski definition) is 0. The Morgan fingerprint density at radius 1 is 1.21 bits per heavy atom. The minimum Gasteiger partial charge on any atom is -0.218 e. The van der Waals surface area contributed by atoms with Crippen LogP contribution in [-0.2, 0) is 0 Å². The van der Waals surface area contributed by atoms with Crippen molar-refractivity contribution in [1.29, 1.82) is 5.26 Å². The van der Waals surface area contributed by atoms with E-state index in [0.717, 1.165) is 0 Å². The molecule has 1 heterocycles. The smallest absolute Gasteiger partial charge is 0.218 e. The molecular formula is C9H3Cl2N3. The van der Waals surface area contributed by atoms with Crippen molar-refractivity contribution in [2.45, 2.75) is 0 Å². The predicted molar refractivity (Wildman–Crippen MR) is 54.3 cm³/mol. The maximum atomic E-state index is 8.83. The van der Waals surface area contributed by atoms with E-state index < -0.39 is 0 Å². The van der Waals surface area contributed by atoms with E-state index >= 15 is 0 Å². The van der Waals surface area contributed by atoms with Crippen molar-refractivity contribution in [3.05, 3.63) is 34.2 Å². The van der Waals surface area contributed by atoms with Crippen molar-refractivity contribution in [3.8, 4) is 6.07 Å². The van der Waals surface area contributed by atoms with Crippen LogP contribution in [-0.4, -0.2) is 9.97 Å². The molecule has 14 heavy (non-hydrogen) atoms. The van der Waals surface area contributed by atoms with Crippen molar-refractivity contribution in [2.24, 2.45) is 0 Å². The highest BCUT2D eigenvalue weighted by Crippen LogP contribution is 2.24. The summed E-state index contributed by atoms with van der Waals surface area (Å²) in [6, 6.07) is 7.14. The lowest BCUT2D eigenvalue weighted by atomic mass is 10.1. The van der Waals surface area contributed by atoms with Crippen molar-refractivity contribution in [1.82, 2.24) is 9.97 Å². The van der Waals surface area contributed by atoms with Crippen LogP contribution in [0.15, 0.2) is 18.2 Å². The predicted octanol–water partition coefficient (Wildman–Crippen LogP) is 2.81. The van der Waals surface area contributed by atoms with Crippen molar-refractivity contribution in [3.63, 3.8) is 0 Å². The first-order valence-electron chi connectivity index (χ1n) is 3.74. The summed E-state index contributed by atoms with van der Waals surface area (Å²) in [5.74, 6) is 0. The molecular weight excluding hydrogens is 221 g/mol. The van der Waals surface area contributed by atoms with Gasteiger partial charge in [-0.3, -0.25) is 0 Å². The lowest BCUT2D eigenvalue weighted by molar-refractivity contribution is 1.22. The normalized spacial score (nSPS) is 10.1. The first-order valence-corrected chi connectivity index (χ1v) is 4.50. The van der Waals surface area contributed by atoms with Crippen LogP contribution in [0, 0.1) is 11.3 Å². The van der Waals surface area contributed by atoms with Crippen LogP contribution in [0.4, 0.5) is 0 Å². The summed E-state index contributed by atoms with van der Waals surface area (Å²) in [7, 11) is 0. The molecule has 0 bridgehead atoms. The van der Waals surface area contributed by atoms with Crippen molar-refractivity contribution < 1.29 is 0 Å². The quantitative estimate of drug-likeness (QED) is 0.510. The summed E-state index contributed by atoms with van der Waals surface area (Å²) < 4.78 is 0. The monoisotopic (exact) mass is 223 g/mol. The summed E-state index contributed by atoms with van der Waals surface area (Å²) in [6.45, 7) is 0. The molecule has 0 spiro atoms. The maximum absolute atomic E-state index is 8.83. The minimum atomic E-state index is 0.0811. The molecule has 0 aliphatic heterocycles. The molecule has 0 fully saturated rings. The number of fused-ring (bicyclic) bond motifs is 1. The number of nitrogens with zero attached hydrogens (tertiary/aromatic N) is 3. The Morgan fingerprint density at radius 2 is 2.00 bits per heavy atom. The van der Waals surface area contributed by atoms with Gasteiger partial charge in [-0.05, 0) is 23.7 Å². The van der Waals surface area contributed by atoms with E-state index in [1.807, 2.05) is 6.07 Å². The van der Waals surface area contributed by atoms with Gasteiger partial charge in [-0.25, -0.2) is 9.97 Å². The summed E-state index contributed by atoms with van der Waals surface area (Å²) in [5.41, 5.74) is 1.03. The molecule has 0 unspecified atom stereocenters. The Morgan fingerprint density at radius 3 is 2.71 bits per heavy atom. The number of aromatic nitrogens is 2. The highest BCUT2D eigenvalue weighted by Gasteiger charge is 2.08. The number of halogens is 2. The Labute approximate surface area is 89.9 Å². The number of benzene rings is 1. The molecule has 0 radical (unpaired) electrons. The van der Waals surface area contributed by atoms with Crippen LogP contribution < -0.4 is 0 Å². The molecule has 68 valence electrons. The van der Waals surface area contributed by atoms with Crippen LogP contribution in [0.5, 0.6) is 0 Å². The van der Waals surface area contributed by atoms with Gasteiger partial charge in [-0.15, -0.1) is 0 Å². The lowest BCUT2D eigenvalue weighted by Crippen LogP contribution is -1.89. The van der Waals surface area contributed by atoms with Crippen LogP contribution in [0.25, 0.3) is 10.9 Å². The van der Waals surface area contributed by atoms with Gasteiger partial charge in [0.25, 0.3) is 0 Å². The first kappa shape index (κ1) is 9.20. The van der Waals surface area contributed by atoms with Gasteiger partial charge in [0, 0.05) is 0 Å². The lowest BCUT2D eigenvalue weighted by Gasteiger charge is -2.00. The third kappa shape index (κ3) is 1.39. The molecule has 0 atom stereocenters. The fraction of sp³-hybridized carbons (Fsp3) is 0. The zero-order valence-corrected chi connectivity index (χ0v) is 8.34. The van der Waals surface area contributed by atoms with Gasteiger partial charge in [-0.2, -0.15) is 5.26 Å². The number of hydrogen-bond acceptors (Lipinski definition) is 3. The molecule has 5 heteroatoms. The van der Waals surface area contributed by atoms with Gasteiger partial charge in [0.15, 0.2) is 0 Å². The van der Waals surface area contributed by atoms with E-state index in [9.17, 15) is 0 Å². The van der Waals surface area contributed by atoms with Gasteiger partial charge in [-0.1, -0.05) is 17.7 Å². The summed E-state index contributed by atoms with van der Waals surface area (Å²) in [4.78, 5) is 7.74. The second kappa shape index (κ2) is 3.41. The Balaban J connectivity index is 2.96. The molecule has 0 saturated heterocycles. The second-order valence-corrected chi connectivity index (χ2v) is 3.29. The maximum Gasteiger partial charge on any atom is 0.224 e. The minimum absolute atomic E-state index is 0.0811. The van der Waals surface area contributed by atoms with E-state index in [2.05, 4.69) is 9.97 Å². The zero-order chi connectivity index (χ0) is 10.1. The molecule has 0 aliphatic carbocycles. The highest BCUT2D eigenvalue weighted by atomic mass is 35.5. The fourth-order valence-electron chi connectivity index (χ4n) is 1.20. The van der Waals surface area contributed by atoms with Crippen LogP contribution >= 0.6 is 23.2 Å². The Bertz CT molecular complexity index is 545. The highest BCUT2D eigenvalue weighted by molar-refractivity contribution is 6.36. The standard InChI is InChI=1S/C9H3Cl2N3/c10-8-7-5(4-12)2-1-3-6(7)13-9(11)14-8/h1-3H. The largest absolute Gasteiger partial charge is 0.224 e. The SMILES string of the molecule is N#Cc1cccc2nc(Cl)nc(Cl)c12. The van der Waals surface area contributed by atoms with Gasteiger partial charge in [0.2, 0.25) is 5.28 Å². The molecule has 0 N–H and O–H groups in total.